The molecule has 0 fully saturated rings. The van der Waals surface area contributed by atoms with E-state index in [0.717, 1.165) is 17.1 Å². The smallest absolute Gasteiger partial charge is 0.130 e. The molecule has 0 bridgehead atoms. The molecule has 1 aromatic carbocycles. The number of ether oxygens (including phenoxy) is 1. The van der Waals surface area contributed by atoms with Crippen LogP contribution >= 0.6 is 11.6 Å². The zero-order valence-corrected chi connectivity index (χ0v) is 10.0. The molecule has 1 aromatic heterocycles. The van der Waals surface area contributed by atoms with Crippen molar-refractivity contribution in [2.75, 3.05) is 0 Å². The van der Waals surface area contributed by atoms with E-state index in [9.17, 15) is 0 Å². The van der Waals surface area contributed by atoms with E-state index in [4.69, 9.17) is 16.3 Å². The van der Waals surface area contributed by atoms with Gasteiger partial charge in [-0.1, -0.05) is 17.7 Å². The molecular weight excluding hydrogens is 224 g/mol. The topological polar surface area (TPSA) is 27.1 Å². The minimum Gasteiger partial charge on any atom is -0.487 e. The number of hydrogen-bond acceptors (Lipinski definition) is 2. The summed E-state index contributed by atoms with van der Waals surface area (Å²) in [5.41, 5.74) is 2.03. The van der Waals surface area contributed by atoms with Crippen molar-refractivity contribution < 1.29 is 4.74 Å². The third kappa shape index (κ3) is 2.55. The summed E-state index contributed by atoms with van der Waals surface area (Å²) in [5.74, 6) is 0.770. The number of aromatic nitrogens is 2. The Hall–Kier alpha value is -1.48. The zero-order chi connectivity index (χ0) is 11.5. The van der Waals surface area contributed by atoms with Crippen molar-refractivity contribution >= 4 is 11.6 Å². The van der Waals surface area contributed by atoms with Crippen molar-refractivity contribution in [3.05, 3.63) is 46.7 Å². The van der Waals surface area contributed by atoms with E-state index < -0.39 is 0 Å². The highest BCUT2D eigenvalue weighted by atomic mass is 35.5. The summed E-state index contributed by atoms with van der Waals surface area (Å²) in [7, 11) is 1.91. The second-order valence-corrected chi connectivity index (χ2v) is 4.08. The maximum Gasteiger partial charge on any atom is 0.130 e. The molecule has 0 amide bonds. The molecule has 3 nitrogen and oxygen atoms in total. The maximum absolute atomic E-state index is 5.86. The van der Waals surface area contributed by atoms with Gasteiger partial charge in [-0.3, -0.25) is 4.68 Å². The highest BCUT2D eigenvalue weighted by Crippen LogP contribution is 2.18. The Bertz CT molecular complexity index is 494. The summed E-state index contributed by atoms with van der Waals surface area (Å²) < 4.78 is 7.44. The predicted molar refractivity (Wildman–Crippen MR) is 63.7 cm³/mol. The molecule has 0 unspecified atom stereocenters. The van der Waals surface area contributed by atoms with Gasteiger partial charge in [0.25, 0.3) is 0 Å². The van der Waals surface area contributed by atoms with Gasteiger partial charge in [-0.25, -0.2) is 0 Å². The van der Waals surface area contributed by atoms with E-state index in [-0.39, 0.29) is 0 Å². The van der Waals surface area contributed by atoms with Gasteiger partial charge in [0.2, 0.25) is 0 Å². The number of rotatable bonds is 3. The largest absolute Gasteiger partial charge is 0.487 e. The fourth-order valence-electron chi connectivity index (χ4n) is 1.51. The van der Waals surface area contributed by atoms with Crippen LogP contribution in [0.15, 0.2) is 30.3 Å². The lowest BCUT2D eigenvalue weighted by atomic mass is 10.3. The molecule has 0 saturated heterocycles. The van der Waals surface area contributed by atoms with Gasteiger partial charge in [0, 0.05) is 12.1 Å². The van der Waals surface area contributed by atoms with Crippen LogP contribution in [0, 0.1) is 6.92 Å². The van der Waals surface area contributed by atoms with Crippen LogP contribution in [-0.2, 0) is 13.7 Å². The molecule has 16 heavy (non-hydrogen) atoms. The van der Waals surface area contributed by atoms with Crippen LogP contribution in [0.3, 0.4) is 0 Å². The molecule has 2 rings (SSSR count). The number of benzene rings is 1. The minimum absolute atomic E-state index is 0.498. The Morgan fingerprint density at radius 3 is 2.81 bits per heavy atom. The van der Waals surface area contributed by atoms with Gasteiger partial charge >= 0.3 is 0 Å². The standard InChI is InChI=1S/C12H13ClN2O/c1-9-6-11(15(2)14-9)8-16-12-5-3-4-10(13)7-12/h3-7H,8H2,1-2H3. The lowest BCUT2D eigenvalue weighted by molar-refractivity contribution is 0.295. The first-order valence-corrected chi connectivity index (χ1v) is 5.41. The fraction of sp³-hybridized carbons (Fsp3) is 0.250. The summed E-state index contributed by atoms with van der Waals surface area (Å²) >= 11 is 5.86. The third-order valence-electron chi connectivity index (χ3n) is 2.28. The SMILES string of the molecule is Cc1cc(COc2cccc(Cl)c2)n(C)n1. The Morgan fingerprint density at radius 2 is 2.19 bits per heavy atom. The van der Waals surface area contributed by atoms with Crippen molar-refractivity contribution in [3.8, 4) is 5.75 Å². The van der Waals surface area contributed by atoms with E-state index in [2.05, 4.69) is 5.10 Å². The van der Waals surface area contributed by atoms with Crippen LogP contribution in [0.4, 0.5) is 0 Å². The summed E-state index contributed by atoms with van der Waals surface area (Å²) in [6.07, 6.45) is 0. The van der Waals surface area contributed by atoms with Gasteiger partial charge < -0.3 is 4.74 Å². The molecule has 0 saturated carbocycles. The van der Waals surface area contributed by atoms with Gasteiger partial charge in [-0.15, -0.1) is 0 Å². The van der Waals surface area contributed by atoms with Crippen molar-refractivity contribution in [2.24, 2.45) is 7.05 Å². The number of halogens is 1. The monoisotopic (exact) mass is 236 g/mol. The van der Waals surface area contributed by atoms with E-state index in [1.807, 2.05) is 42.9 Å². The Balaban J connectivity index is 2.05. The van der Waals surface area contributed by atoms with Crippen LogP contribution < -0.4 is 4.74 Å². The summed E-state index contributed by atoms with van der Waals surface area (Å²) in [5, 5.41) is 4.93. The molecule has 0 aliphatic rings. The molecule has 0 atom stereocenters. The summed E-state index contributed by atoms with van der Waals surface area (Å²) in [6.45, 7) is 2.46. The molecule has 2 aromatic rings. The van der Waals surface area contributed by atoms with Crippen LogP contribution in [0.2, 0.25) is 5.02 Å². The fourth-order valence-corrected chi connectivity index (χ4v) is 1.69. The number of aryl methyl sites for hydroxylation is 2. The van der Waals surface area contributed by atoms with E-state index >= 15 is 0 Å². The first-order valence-electron chi connectivity index (χ1n) is 5.03. The summed E-state index contributed by atoms with van der Waals surface area (Å²) in [4.78, 5) is 0. The molecule has 84 valence electrons. The van der Waals surface area contributed by atoms with Gasteiger partial charge in [-0.05, 0) is 31.2 Å². The normalized spacial score (nSPS) is 10.4. The summed E-state index contributed by atoms with van der Waals surface area (Å²) in [6, 6.07) is 9.37. The third-order valence-corrected chi connectivity index (χ3v) is 2.52. The van der Waals surface area contributed by atoms with Crippen LogP contribution in [-0.4, -0.2) is 9.78 Å². The lowest BCUT2D eigenvalue weighted by Gasteiger charge is -2.06. The van der Waals surface area contributed by atoms with Gasteiger partial charge in [0.05, 0.1) is 11.4 Å². The molecular formula is C12H13ClN2O. The highest BCUT2D eigenvalue weighted by molar-refractivity contribution is 6.30. The molecule has 0 aliphatic heterocycles. The first kappa shape index (κ1) is 11.0. The molecule has 0 N–H and O–H groups in total. The van der Waals surface area contributed by atoms with Crippen molar-refractivity contribution in [1.29, 1.82) is 0 Å². The lowest BCUT2D eigenvalue weighted by Crippen LogP contribution is -2.02. The average molecular weight is 237 g/mol. The zero-order valence-electron chi connectivity index (χ0n) is 9.27. The minimum atomic E-state index is 0.498. The van der Waals surface area contributed by atoms with E-state index in [1.54, 1.807) is 6.07 Å². The number of hydrogen-bond donors (Lipinski definition) is 0. The molecule has 4 heteroatoms. The van der Waals surface area contributed by atoms with Gasteiger partial charge in [0.1, 0.15) is 12.4 Å². The first-order chi connectivity index (χ1) is 7.65. The van der Waals surface area contributed by atoms with Crippen molar-refractivity contribution in [1.82, 2.24) is 9.78 Å². The molecule has 0 radical (unpaired) electrons. The highest BCUT2D eigenvalue weighted by Gasteiger charge is 2.02. The van der Waals surface area contributed by atoms with Crippen molar-refractivity contribution in [3.63, 3.8) is 0 Å². The second-order valence-electron chi connectivity index (χ2n) is 3.65. The van der Waals surface area contributed by atoms with E-state index in [0.29, 0.717) is 11.6 Å². The van der Waals surface area contributed by atoms with Gasteiger partial charge in [0.15, 0.2) is 0 Å². The Morgan fingerprint density at radius 1 is 1.38 bits per heavy atom. The van der Waals surface area contributed by atoms with Crippen LogP contribution in [0.25, 0.3) is 0 Å². The van der Waals surface area contributed by atoms with Gasteiger partial charge in [-0.2, -0.15) is 5.10 Å². The van der Waals surface area contributed by atoms with Crippen molar-refractivity contribution in [2.45, 2.75) is 13.5 Å². The number of nitrogens with zero attached hydrogens (tertiary/aromatic N) is 2. The Labute approximate surface area is 99.6 Å². The molecule has 0 spiro atoms. The molecule has 1 heterocycles. The average Bonchev–Trinajstić information content (AvgIpc) is 2.54. The quantitative estimate of drug-likeness (QED) is 0.819. The Kier molecular flexibility index (Phi) is 3.15. The second kappa shape index (κ2) is 4.58. The van der Waals surface area contributed by atoms with E-state index in [1.165, 1.54) is 0 Å². The predicted octanol–water partition coefficient (Wildman–Crippen LogP) is 2.96. The molecule has 0 aliphatic carbocycles. The van der Waals surface area contributed by atoms with Crippen LogP contribution in [0.1, 0.15) is 11.4 Å². The van der Waals surface area contributed by atoms with Crippen LogP contribution in [0.5, 0.6) is 5.75 Å². The maximum atomic E-state index is 5.86.